The lowest BCUT2D eigenvalue weighted by atomic mass is 10.0. The summed E-state index contributed by atoms with van der Waals surface area (Å²) in [4.78, 5) is 14.3. The predicted octanol–water partition coefficient (Wildman–Crippen LogP) is 3.33. The van der Waals surface area contributed by atoms with Crippen LogP contribution in [0.15, 0.2) is 53.4 Å². The summed E-state index contributed by atoms with van der Waals surface area (Å²) in [5.74, 6) is -0.754. The summed E-state index contributed by atoms with van der Waals surface area (Å²) in [6.45, 7) is 2.07. The van der Waals surface area contributed by atoms with Gasteiger partial charge in [0.2, 0.25) is 0 Å². The highest BCUT2D eigenvalue weighted by atomic mass is 32.2. The summed E-state index contributed by atoms with van der Waals surface area (Å²) in [7, 11) is -3.41. The number of hydrogen-bond donors (Lipinski definition) is 0. The van der Waals surface area contributed by atoms with Gasteiger partial charge >= 0.3 is 0 Å². The van der Waals surface area contributed by atoms with E-state index in [0.717, 1.165) is 18.7 Å². The molecule has 1 heterocycles. The molecule has 4 nitrogen and oxygen atoms in total. The Balaban J connectivity index is 1.39. The van der Waals surface area contributed by atoms with Crippen LogP contribution in [0, 0.1) is 17.6 Å². The summed E-state index contributed by atoms with van der Waals surface area (Å²) in [5.41, 5.74) is 0.503. The van der Waals surface area contributed by atoms with Gasteiger partial charge < -0.3 is 4.90 Å². The van der Waals surface area contributed by atoms with Crippen molar-refractivity contribution in [3.05, 3.63) is 65.7 Å². The monoisotopic (exact) mass is 393 g/mol. The van der Waals surface area contributed by atoms with Crippen LogP contribution in [0.1, 0.15) is 23.2 Å². The van der Waals surface area contributed by atoms with E-state index in [-0.39, 0.29) is 28.2 Å². The lowest BCUT2D eigenvalue weighted by molar-refractivity contribution is 0.0933. The molecule has 27 heavy (non-hydrogen) atoms. The molecule has 1 aliphatic rings. The Morgan fingerprint density at radius 3 is 2.11 bits per heavy atom. The van der Waals surface area contributed by atoms with Crippen molar-refractivity contribution in [2.45, 2.75) is 17.7 Å². The Kier molecular flexibility index (Phi) is 6.01. The highest BCUT2D eigenvalue weighted by Crippen LogP contribution is 2.22. The van der Waals surface area contributed by atoms with E-state index >= 15 is 0 Å². The second kappa shape index (κ2) is 8.27. The molecule has 0 radical (unpaired) electrons. The molecule has 144 valence electrons. The largest absolute Gasteiger partial charge is 0.303 e. The average molecular weight is 393 g/mol. The van der Waals surface area contributed by atoms with Gasteiger partial charge in [-0.15, -0.1) is 0 Å². The van der Waals surface area contributed by atoms with Crippen molar-refractivity contribution < 1.29 is 22.0 Å². The molecule has 0 spiro atoms. The maximum Gasteiger partial charge on any atom is 0.178 e. The molecule has 0 bridgehead atoms. The van der Waals surface area contributed by atoms with Crippen LogP contribution in [0.5, 0.6) is 0 Å². The Morgan fingerprint density at radius 1 is 0.963 bits per heavy atom. The molecule has 0 aromatic heterocycles. The van der Waals surface area contributed by atoms with Crippen LogP contribution < -0.4 is 0 Å². The first-order chi connectivity index (χ1) is 12.8. The highest BCUT2D eigenvalue weighted by molar-refractivity contribution is 7.91. The fraction of sp³-hybridized carbons (Fsp3) is 0.350. The minimum absolute atomic E-state index is 0.0223. The zero-order chi connectivity index (χ0) is 19.4. The van der Waals surface area contributed by atoms with Crippen molar-refractivity contribution in [1.29, 1.82) is 0 Å². The number of benzene rings is 2. The van der Waals surface area contributed by atoms with E-state index in [4.69, 9.17) is 0 Å². The Hall–Kier alpha value is -2.12. The van der Waals surface area contributed by atoms with E-state index < -0.39 is 15.7 Å². The third kappa shape index (κ3) is 5.20. The molecular formula is C20H21F2NO3S. The van der Waals surface area contributed by atoms with E-state index in [1.54, 1.807) is 0 Å². The second-order valence-electron chi connectivity index (χ2n) is 6.89. The van der Waals surface area contributed by atoms with E-state index in [1.165, 1.54) is 36.4 Å². The van der Waals surface area contributed by atoms with Gasteiger partial charge in [-0.2, -0.15) is 0 Å². The number of carbonyl (C=O) groups excluding carboxylic acids is 1. The molecule has 0 N–H and O–H groups in total. The van der Waals surface area contributed by atoms with E-state index in [1.807, 2.05) is 0 Å². The Labute approximate surface area is 157 Å². The van der Waals surface area contributed by atoms with E-state index in [9.17, 15) is 22.0 Å². The van der Waals surface area contributed by atoms with Gasteiger partial charge in [0.25, 0.3) is 0 Å². The van der Waals surface area contributed by atoms with E-state index in [2.05, 4.69) is 4.90 Å². The summed E-state index contributed by atoms with van der Waals surface area (Å²) >= 11 is 0. The molecule has 7 heteroatoms. The lowest BCUT2D eigenvalue weighted by Gasteiger charge is -2.39. The van der Waals surface area contributed by atoms with Crippen molar-refractivity contribution in [2.24, 2.45) is 5.92 Å². The van der Waals surface area contributed by atoms with Crippen LogP contribution in [0.2, 0.25) is 0 Å². The summed E-state index contributed by atoms with van der Waals surface area (Å²) in [5, 5.41) is 0. The Bertz CT molecular complexity index is 890. The molecule has 0 aliphatic carbocycles. The highest BCUT2D eigenvalue weighted by Gasteiger charge is 2.31. The topological polar surface area (TPSA) is 54.5 Å². The summed E-state index contributed by atoms with van der Waals surface area (Å²) in [6, 6.07) is 10.4. The third-order valence-electron chi connectivity index (χ3n) is 4.71. The molecule has 0 atom stereocenters. The van der Waals surface area contributed by atoms with Gasteiger partial charge in [0.15, 0.2) is 15.6 Å². The van der Waals surface area contributed by atoms with Crippen LogP contribution in [0.4, 0.5) is 8.78 Å². The molecule has 0 unspecified atom stereocenters. The van der Waals surface area contributed by atoms with Gasteiger partial charge in [-0.05, 0) is 67.4 Å². The lowest BCUT2D eigenvalue weighted by Crippen LogP contribution is -2.49. The fourth-order valence-corrected chi connectivity index (χ4v) is 4.83. The quantitative estimate of drug-likeness (QED) is 0.510. The van der Waals surface area contributed by atoms with Gasteiger partial charge in [0, 0.05) is 25.1 Å². The van der Waals surface area contributed by atoms with Gasteiger partial charge in [-0.1, -0.05) is 0 Å². The molecule has 0 saturated carbocycles. The summed E-state index contributed by atoms with van der Waals surface area (Å²) < 4.78 is 50.4. The molecule has 0 amide bonds. The first-order valence-electron chi connectivity index (χ1n) is 8.83. The predicted molar refractivity (Wildman–Crippen MR) is 98.3 cm³/mol. The van der Waals surface area contributed by atoms with Crippen molar-refractivity contribution >= 4 is 15.6 Å². The summed E-state index contributed by atoms with van der Waals surface area (Å²) in [6.07, 6.45) is 1.05. The SMILES string of the molecule is O=C(CCCN1CC(CS(=O)(=O)c2ccc(F)cc2)C1)c1ccc(F)cc1. The van der Waals surface area contributed by atoms with Gasteiger partial charge in [0.05, 0.1) is 10.6 Å². The van der Waals surface area contributed by atoms with Gasteiger partial charge in [-0.25, -0.2) is 17.2 Å². The van der Waals surface area contributed by atoms with Crippen molar-refractivity contribution in [1.82, 2.24) is 4.90 Å². The maximum atomic E-state index is 12.9. The number of nitrogens with zero attached hydrogens (tertiary/aromatic N) is 1. The molecular weight excluding hydrogens is 372 g/mol. The number of likely N-dealkylation sites (tertiary alicyclic amines) is 1. The van der Waals surface area contributed by atoms with Crippen LogP contribution in [-0.2, 0) is 9.84 Å². The van der Waals surface area contributed by atoms with Crippen molar-refractivity contribution in [3.63, 3.8) is 0 Å². The number of ketones is 1. The fourth-order valence-electron chi connectivity index (χ4n) is 3.26. The van der Waals surface area contributed by atoms with Crippen molar-refractivity contribution in [3.8, 4) is 0 Å². The normalized spacial score (nSPS) is 15.5. The molecule has 1 aliphatic heterocycles. The zero-order valence-corrected chi connectivity index (χ0v) is 15.6. The van der Waals surface area contributed by atoms with Crippen LogP contribution in [0.3, 0.4) is 0 Å². The smallest absolute Gasteiger partial charge is 0.178 e. The number of carbonyl (C=O) groups is 1. The minimum Gasteiger partial charge on any atom is -0.303 e. The van der Waals surface area contributed by atoms with Crippen LogP contribution in [0.25, 0.3) is 0 Å². The maximum absolute atomic E-state index is 12.9. The minimum atomic E-state index is -3.41. The van der Waals surface area contributed by atoms with Crippen LogP contribution >= 0.6 is 0 Å². The Morgan fingerprint density at radius 2 is 1.52 bits per heavy atom. The molecule has 3 rings (SSSR count). The third-order valence-corrected chi connectivity index (χ3v) is 6.61. The first kappa shape index (κ1) is 19.6. The van der Waals surface area contributed by atoms with Crippen LogP contribution in [-0.4, -0.2) is 44.5 Å². The molecule has 2 aromatic rings. The molecule has 1 saturated heterocycles. The average Bonchev–Trinajstić information content (AvgIpc) is 2.60. The van der Waals surface area contributed by atoms with E-state index in [0.29, 0.717) is 31.5 Å². The number of rotatable bonds is 8. The van der Waals surface area contributed by atoms with Gasteiger partial charge in [-0.3, -0.25) is 4.79 Å². The zero-order valence-electron chi connectivity index (χ0n) is 14.8. The first-order valence-corrected chi connectivity index (χ1v) is 10.5. The number of halogens is 2. The number of Topliss-reactive ketones (excluding diaryl/α,β-unsaturated/α-hetero) is 1. The molecule has 1 fully saturated rings. The number of sulfone groups is 1. The second-order valence-corrected chi connectivity index (χ2v) is 8.93. The standard InChI is InChI=1S/C20H21F2NO3S/c21-17-5-3-16(4-6-17)20(24)2-1-11-23-12-15(13-23)14-27(25,26)19-9-7-18(22)8-10-19/h3-10,15H,1-2,11-14H2. The van der Waals surface area contributed by atoms with Crippen molar-refractivity contribution in [2.75, 3.05) is 25.4 Å². The molecule has 2 aromatic carbocycles. The number of hydrogen-bond acceptors (Lipinski definition) is 4. The van der Waals surface area contributed by atoms with Gasteiger partial charge in [0.1, 0.15) is 11.6 Å².